The van der Waals surface area contributed by atoms with E-state index in [0.717, 1.165) is 29.2 Å². The number of hydrogen-bond donors (Lipinski definition) is 1. The normalized spacial score (nSPS) is 13.7. The molecular weight excluding hydrogens is 259 g/mol. The van der Waals surface area contributed by atoms with Crippen LogP contribution in [0, 0.1) is 5.95 Å². The number of nitrogens with zero attached hydrogens (tertiary/aromatic N) is 1. The van der Waals surface area contributed by atoms with E-state index in [2.05, 4.69) is 10.3 Å². The maximum absolute atomic E-state index is 12.7. The lowest BCUT2D eigenvalue weighted by Gasteiger charge is -2.13. The number of nitrogens with one attached hydrogen (secondary N) is 1. The first-order valence-electron chi connectivity index (χ1n) is 6.56. The third-order valence-electron chi connectivity index (χ3n) is 3.06. The summed E-state index contributed by atoms with van der Waals surface area (Å²) >= 11 is 0. The van der Waals surface area contributed by atoms with Crippen LogP contribution in [-0.4, -0.2) is 18.2 Å². The van der Waals surface area contributed by atoms with Crippen LogP contribution in [0.2, 0.25) is 0 Å². The highest BCUT2D eigenvalue weighted by Gasteiger charge is 2.14. The number of halogens is 1. The van der Waals surface area contributed by atoms with Crippen molar-refractivity contribution in [2.24, 2.45) is 0 Å². The summed E-state index contributed by atoms with van der Waals surface area (Å²) in [6, 6.07) is 8.81. The van der Waals surface area contributed by atoms with Gasteiger partial charge in [-0.25, -0.2) is 4.98 Å². The summed E-state index contributed by atoms with van der Waals surface area (Å²) < 4.78 is 24.1. The molecule has 1 N–H and O–H groups in total. The second-order valence-corrected chi connectivity index (χ2v) is 4.52. The van der Waals surface area contributed by atoms with Crippen LogP contribution in [0.4, 0.5) is 10.1 Å². The Morgan fingerprint density at radius 3 is 2.90 bits per heavy atom. The van der Waals surface area contributed by atoms with Crippen LogP contribution in [0.25, 0.3) is 0 Å². The van der Waals surface area contributed by atoms with E-state index in [1.54, 1.807) is 6.07 Å². The first kappa shape index (κ1) is 12.7. The van der Waals surface area contributed by atoms with E-state index in [9.17, 15) is 4.39 Å². The molecule has 0 bridgehead atoms. The molecule has 2 heterocycles. The molecule has 0 amide bonds. The number of hydrogen-bond acceptors (Lipinski definition) is 4. The molecule has 0 radical (unpaired) electrons. The third-order valence-corrected chi connectivity index (χ3v) is 3.06. The van der Waals surface area contributed by atoms with Gasteiger partial charge in [0.25, 0.3) is 0 Å². The van der Waals surface area contributed by atoms with Crippen LogP contribution in [0.1, 0.15) is 12.0 Å². The minimum absolute atomic E-state index is 0.485. The molecule has 1 aromatic heterocycles. The van der Waals surface area contributed by atoms with Crippen LogP contribution in [0.15, 0.2) is 36.5 Å². The third kappa shape index (κ3) is 2.82. The van der Waals surface area contributed by atoms with Gasteiger partial charge in [0.15, 0.2) is 11.5 Å². The minimum atomic E-state index is -0.485. The molecule has 4 nitrogen and oxygen atoms in total. The van der Waals surface area contributed by atoms with E-state index in [1.807, 2.05) is 18.2 Å². The Kier molecular flexibility index (Phi) is 3.67. The van der Waals surface area contributed by atoms with Crippen LogP contribution in [0.5, 0.6) is 11.5 Å². The highest BCUT2D eigenvalue weighted by Crippen LogP contribution is 2.33. The van der Waals surface area contributed by atoms with Crippen molar-refractivity contribution in [3.63, 3.8) is 0 Å². The fourth-order valence-corrected chi connectivity index (χ4v) is 2.07. The van der Waals surface area contributed by atoms with Crippen molar-refractivity contribution >= 4 is 5.69 Å². The van der Waals surface area contributed by atoms with E-state index in [4.69, 9.17) is 9.47 Å². The van der Waals surface area contributed by atoms with Crippen LogP contribution in [0.3, 0.4) is 0 Å². The standard InChI is InChI=1S/C15H15FN2O2/c16-14-6-5-12(10-18-14)17-9-11-3-1-4-13-15(11)20-8-2-7-19-13/h1,3-6,10,17H,2,7-9H2. The molecule has 0 aliphatic carbocycles. The van der Waals surface area contributed by atoms with Gasteiger partial charge in [0, 0.05) is 18.5 Å². The van der Waals surface area contributed by atoms with Gasteiger partial charge in [-0.3, -0.25) is 0 Å². The van der Waals surface area contributed by atoms with Crippen molar-refractivity contribution in [2.75, 3.05) is 18.5 Å². The maximum atomic E-state index is 12.7. The van der Waals surface area contributed by atoms with Crippen LogP contribution < -0.4 is 14.8 Å². The van der Waals surface area contributed by atoms with Gasteiger partial charge in [-0.2, -0.15) is 4.39 Å². The zero-order valence-electron chi connectivity index (χ0n) is 10.9. The van der Waals surface area contributed by atoms with Gasteiger partial charge in [-0.05, 0) is 18.2 Å². The van der Waals surface area contributed by atoms with Crippen molar-refractivity contribution in [3.05, 3.63) is 48.0 Å². The van der Waals surface area contributed by atoms with E-state index >= 15 is 0 Å². The molecule has 0 spiro atoms. The molecule has 3 rings (SSSR count). The van der Waals surface area contributed by atoms with Gasteiger partial charge >= 0.3 is 0 Å². The SMILES string of the molecule is Fc1ccc(NCc2cccc3c2OCCCO3)cn1. The summed E-state index contributed by atoms with van der Waals surface area (Å²) in [6.07, 6.45) is 2.34. The Balaban J connectivity index is 1.75. The van der Waals surface area contributed by atoms with E-state index < -0.39 is 5.95 Å². The molecule has 5 heteroatoms. The summed E-state index contributed by atoms with van der Waals surface area (Å²) in [6.45, 7) is 1.90. The summed E-state index contributed by atoms with van der Waals surface area (Å²) in [5, 5.41) is 3.19. The molecule has 20 heavy (non-hydrogen) atoms. The van der Waals surface area contributed by atoms with E-state index in [-0.39, 0.29) is 0 Å². The van der Waals surface area contributed by atoms with Gasteiger partial charge in [-0.15, -0.1) is 0 Å². The Morgan fingerprint density at radius 1 is 1.15 bits per heavy atom. The predicted molar refractivity (Wildman–Crippen MR) is 73.6 cm³/mol. The number of para-hydroxylation sites is 1. The molecule has 1 aliphatic rings. The molecule has 0 saturated carbocycles. The second-order valence-electron chi connectivity index (χ2n) is 4.52. The molecule has 0 saturated heterocycles. The monoisotopic (exact) mass is 274 g/mol. The summed E-state index contributed by atoms with van der Waals surface area (Å²) in [4.78, 5) is 3.61. The van der Waals surface area contributed by atoms with Crippen LogP contribution >= 0.6 is 0 Å². The molecule has 0 atom stereocenters. The topological polar surface area (TPSA) is 43.4 Å². The Morgan fingerprint density at radius 2 is 2.05 bits per heavy atom. The molecular formula is C15H15FN2O2. The largest absolute Gasteiger partial charge is 0.490 e. The van der Waals surface area contributed by atoms with Gasteiger partial charge in [0.2, 0.25) is 5.95 Å². The highest BCUT2D eigenvalue weighted by atomic mass is 19.1. The fourth-order valence-electron chi connectivity index (χ4n) is 2.07. The lowest BCUT2D eigenvalue weighted by Crippen LogP contribution is -2.04. The number of anilines is 1. The number of benzene rings is 1. The van der Waals surface area contributed by atoms with Crippen molar-refractivity contribution in [1.29, 1.82) is 0 Å². The lowest BCUT2D eigenvalue weighted by molar-refractivity contribution is 0.296. The zero-order chi connectivity index (χ0) is 13.8. The predicted octanol–water partition coefficient (Wildman–Crippen LogP) is 2.99. The smallest absolute Gasteiger partial charge is 0.212 e. The molecule has 104 valence electrons. The number of rotatable bonds is 3. The average Bonchev–Trinajstić information content (AvgIpc) is 2.72. The van der Waals surface area contributed by atoms with Crippen LogP contribution in [-0.2, 0) is 6.54 Å². The highest BCUT2D eigenvalue weighted by molar-refractivity contribution is 5.49. The quantitative estimate of drug-likeness (QED) is 0.874. The van der Waals surface area contributed by atoms with E-state index in [0.29, 0.717) is 19.8 Å². The van der Waals surface area contributed by atoms with Gasteiger partial charge < -0.3 is 14.8 Å². The zero-order valence-corrected chi connectivity index (χ0v) is 10.9. The first-order chi connectivity index (χ1) is 9.83. The summed E-state index contributed by atoms with van der Waals surface area (Å²) in [7, 11) is 0. The lowest BCUT2D eigenvalue weighted by atomic mass is 10.2. The summed E-state index contributed by atoms with van der Waals surface area (Å²) in [5.41, 5.74) is 1.77. The fraction of sp³-hybridized carbons (Fsp3) is 0.267. The first-order valence-corrected chi connectivity index (χ1v) is 6.56. The molecule has 2 aromatic rings. The Bertz CT molecular complexity index is 587. The molecule has 0 fully saturated rings. The van der Waals surface area contributed by atoms with Gasteiger partial charge in [-0.1, -0.05) is 12.1 Å². The average molecular weight is 274 g/mol. The van der Waals surface area contributed by atoms with Gasteiger partial charge in [0.05, 0.1) is 25.1 Å². The number of pyridine rings is 1. The van der Waals surface area contributed by atoms with Crippen molar-refractivity contribution < 1.29 is 13.9 Å². The van der Waals surface area contributed by atoms with E-state index in [1.165, 1.54) is 12.3 Å². The molecule has 0 unspecified atom stereocenters. The van der Waals surface area contributed by atoms with Gasteiger partial charge in [0.1, 0.15) is 0 Å². The maximum Gasteiger partial charge on any atom is 0.212 e. The summed E-state index contributed by atoms with van der Waals surface area (Å²) in [5.74, 6) is 1.08. The minimum Gasteiger partial charge on any atom is -0.490 e. The Labute approximate surface area is 116 Å². The number of ether oxygens (including phenoxy) is 2. The number of fused-ring (bicyclic) bond motifs is 1. The Hall–Kier alpha value is -2.30. The molecule has 1 aliphatic heterocycles. The second kappa shape index (κ2) is 5.77. The van der Waals surface area contributed by atoms with Crippen molar-refractivity contribution in [2.45, 2.75) is 13.0 Å². The molecule has 1 aromatic carbocycles. The van der Waals surface area contributed by atoms with Crippen molar-refractivity contribution in [1.82, 2.24) is 4.98 Å². The number of aromatic nitrogens is 1. The van der Waals surface area contributed by atoms with Crippen molar-refractivity contribution in [3.8, 4) is 11.5 Å².